The lowest BCUT2D eigenvalue weighted by Gasteiger charge is -2.15. The van der Waals surface area contributed by atoms with Crippen LogP contribution < -0.4 is 5.73 Å². The molecule has 0 spiro atoms. The Kier molecular flexibility index (Phi) is 12.2. The molecule has 0 bridgehead atoms. The molecule has 0 saturated carbocycles. The normalized spacial score (nSPS) is 15.5. The molecule has 0 aromatic heterocycles. The van der Waals surface area contributed by atoms with Crippen LogP contribution in [0.3, 0.4) is 0 Å². The molecular weight excluding hydrogens is 232 g/mol. The van der Waals surface area contributed by atoms with Crippen LogP contribution in [0.5, 0.6) is 0 Å². The highest BCUT2D eigenvalue weighted by molar-refractivity contribution is 5.80. The van der Waals surface area contributed by atoms with Crippen molar-refractivity contribution in [3.63, 3.8) is 0 Å². The fraction of sp³-hybridized carbons (Fsp3) is 0.941. The summed E-state index contributed by atoms with van der Waals surface area (Å²) in [4.78, 5) is 4.64. The lowest BCUT2D eigenvalue weighted by Crippen LogP contribution is -2.19. The van der Waals surface area contributed by atoms with Crippen molar-refractivity contribution in [2.45, 2.75) is 85.5 Å². The van der Waals surface area contributed by atoms with Gasteiger partial charge in [-0.3, -0.25) is 4.99 Å². The van der Waals surface area contributed by atoms with Gasteiger partial charge in [0.2, 0.25) is 0 Å². The van der Waals surface area contributed by atoms with E-state index in [2.05, 4.69) is 32.7 Å². The smallest absolute Gasteiger partial charge is 0.0939 e. The third-order valence-electron chi connectivity index (χ3n) is 4.14. The first-order chi connectivity index (χ1) is 9.17. The number of nitrogens with zero attached hydrogens (tertiary/aromatic N) is 1. The summed E-state index contributed by atoms with van der Waals surface area (Å²) in [5, 5.41) is 0. The molecule has 2 N–H and O–H groups in total. The lowest BCUT2D eigenvalue weighted by atomic mass is 9.95. The SMILES string of the molecule is CCCCC(CC)CN=C(N)CC(CC)CCCC. The molecule has 0 saturated heterocycles. The molecule has 0 aliphatic rings. The third-order valence-corrected chi connectivity index (χ3v) is 4.14. The number of hydrogen-bond donors (Lipinski definition) is 1. The first-order valence-electron chi connectivity index (χ1n) is 8.46. The highest BCUT2D eigenvalue weighted by Crippen LogP contribution is 2.17. The predicted octanol–water partition coefficient (Wildman–Crippen LogP) is 5.17. The summed E-state index contributed by atoms with van der Waals surface area (Å²) < 4.78 is 0. The van der Waals surface area contributed by atoms with Gasteiger partial charge in [-0.2, -0.15) is 0 Å². The van der Waals surface area contributed by atoms with Crippen molar-refractivity contribution in [1.29, 1.82) is 0 Å². The van der Waals surface area contributed by atoms with Gasteiger partial charge in [0.25, 0.3) is 0 Å². The quantitative estimate of drug-likeness (QED) is 0.385. The maximum Gasteiger partial charge on any atom is 0.0939 e. The van der Waals surface area contributed by atoms with Crippen LogP contribution in [0.2, 0.25) is 0 Å². The first-order valence-corrected chi connectivity index (χ1v) is 8.46. The van der Waals surface area contributed by atoms with Crippen LogP contribution in [-0.2, 0) is 0 Å². The largest absolute Gasteiger partial charge is 0.387 e. The van der Waals surface area contributed by atoms with Crippen molar-refractivity contribution in [2.75, 3.05) is 6.54 Å². The summed E-state index contributed by atoms with van der Waals surface area (Å²) in [5.74, 6) is 2.35. The number of rotatable bonds is 12. The lowest BCUT2D eigenvalue weighted by molar-refractivity contribution is 0.453. The van der Waals surface area contributed by atoms with Crippen LogP contribution >= 0.6 is 0 Å². The second kappa shape index (κ2) is 12.5. The van der Waals surface area contributed by atoms with E-state index in [4.69, 9.17) is 5.73 Å². The number of amidine groups is 1. The van der Waals surface area contributed by atoms with Crippen LogP contribution in [0.15, 0.2) is 4.99 Å². The van der Waals surface area contributed by atoms with Crippen LogP contribution in [0.4, 0.5) is 0 Å². The van der Waals surface area contributed by atoms with Crippen LogP contribution in [0.1, 0.15) is 85.5 Å². The van der Waals surface area contributed by atoms with E-state index < -0.39 is 0 Å². The van der Waals surface area contributed by atoms with E-state index in [0.29, 0.717) is 0 Å². The minimum absolute atomic E-state index is 0.731. The molecule has 0 aliphatic carbocycles. The molecule has 0 aromatic carbocycles. The Hall–Kier alpha value is -0.530. The van der Waals surface area contributed by atoms with Gasteiger partial charge < -0.3 is 5.73 Å². The van der Waals surface area contributed by atoms with Gasteiger partial charge in [-0.15, -0.1) is 0 Å². The van der Waals surface area contributed by atoms with Crippen LogP contribution in [-0.4, -0.2) is 12.4 Å². The summed E-state index contributed by atoms with van der Waals surface area (Å²) >= 11 is 0. The molecule has 2 atom stereocenters. The summed E-state index contributed by atoms with van der Waals surface area (Å²) in [6.07, 6.45) is 11.3. The Labute approximate surface area is 121 Å². The standard InChI is InChI=1S/C17H36N2/c1-5-9-11-15(7-3)13-17(18)19-14-16(8-4)12-10-6-2/h15-16H,5-14H2,1-4H3,(H2,18,19). The molecule has 19 heavy (non-hydrogen) atoms. The Morgan fingerprint density at radius 3 is 1.89 bits per heavy atom. The number of nitrogens with two attached hydrogens (primary N) is 1. The van der Waals surface area contributed by atoms with E-state index in [1.165, 1.54) is 51.4 Å². The van der Waals surface area contributed by atoms with E-state index in [9.17, 15) is 0 Å². The van der Waals surface area contributed by atoms with E-state index >= 15 is 0 Å². The van der Waals surface area contributed by atoms with E-state index in [1.54, 1.807) is 0 Å². The second-order valence-electron chi connectivity index (χ2n) is 5.87. The van der Waals surface area contributed by atoms with E-state index in [-0.39, 0.29) is 0 Å². The van der Waals surface area contributed by atoms with Crippen molar-refractivity contribution < 1.29 is 0 Å². The molecule has 0 radical (unpaired) electrons. The average molecular weight is 268 g/mol. The van der Waals surface area contributed by atoms with Crippen LogP contribution in [0, 0.1) is 11.8 Å². The van der Waals surface area contributed by atoms with Gasteiger partial charge in [0.05, 0.1) is 5.84 Å². The molecule has 0 fully saturated rings. The van der Waals surface area contributed by atoms with Gasteiger partial charge in [-0.25, -0.2) is 0 Å². The molecule has 0 aliphatic heterocycles. The summed E-state index contributed by atoms with van der Waals surface area (Å²) in [6, 6.07) is 0. The van der Waals surface area contributed by atoms with Crippen molar-refractivity contribution in [2.24, 2.45) is 22.6 Å². The molecule has 114 valence electrons. The van der Waals surface area contributed by atoms with Crippen molar-refractivity contribution in [1.82, 2.24) is 0 Å². The molecule has 0 aromatic rings. The Morgan fingerprint density at radius 1 is 0.895 bits per heavy atom. The van der Waals surface area contributed by atoms with Crippen molar-refractivity contribution in [3.05, 3.63) is 0 Å². The molecule has 0 heterocycles. The maximum absolute atomic E-state index is 6.10. The Morgan fingerprint density at radius 2 is 1.42 bits per heavy atom. The summed E-state index contributed by atoms with van der Waals surface area (Å²) in [5.41, 5.74) is 6.10. The minimum atomic E-state index is 0.731. The van der Waals surface area contributed by atoms with Gasteiger partial charge in [0, 0.05) is 13.0 Å². The zero-order valence-corrected chi connectivity index (χ0v) is 13.8. The van der Waals surface area contributed by atoms with E-state index in [1.807, 2.05) is 0 Å². The average Bonchev–Trinajstić information content (AvgIpc) is 2.43. The fourth-order valence-corrected chi connectivity index (χ4v) is 2.47. The van der Waals surface area contributed by atoms with Gasteiger partial charge in [0.1, 0.15) is 0 Å². The predicted molar refractivity (Wildman–Crippen MR) is 87.7 cm³/mol. The maximum atomic E-state index is 6.10. The molecule has 0 amide bonds. The van der Waals surface area contributed by atoms with Crippen molar-refractivity contribution >= 4 is 5.84 Å². The van der Waals surface area contributed by atoms with Gasteiger partial charge >= 0.3 is 0 Å². The molecule has 0 rings (SSSR count). The molecule has 2 nitrogen and oxygen atoms in total. The monoisotopic (exact) mass is 268 g/mol. The summed E-state index contributed by atoms with van der Waals surface area (Å²) in [6.45, 7) is 9.98. The third kappa shape index (κ3) is 9.98. The highest BCUT2D eigenvalue weighted by atomic mass is 14.8. The second-order valence-corrected chi connectivity index (χ2v) is 5.87. The van der Waals surface area contributed by atoms with Crippen molar-refractivity contribution in [3.8, 4) is 0 Å². The molecule has 2 heteroatoms. The number of aliphatic imine (C=N–C) groups is 1. The minimum Gasteiger partial charge on any atom is -0.387 e. The van der Waals surface area contributed by atoms with Gasteiger partial charge in [0.15, 0.2) is 0 Å². The van der Waals surface area contributed by atoms with E-state index in [0.717, 1.165) is 30.6 Å². The number of hydrogen-bond acceptors (Lipinski definition) is 1. The van der Waals surface area contributed by atoms with Gasteiger partial charge in [-0.05, 0) is 18.3 Å². The number of unbranched alkanes of at least 4 members (excludes halogenated alkanes) is 2. The zero-order chi connectivity index (χ0) is 14.5. The molecular formula is C17H36N2. The summed E-state index contributed by atoms with van der Waals surface area (Å²) in [7, 11) is 0. The fourth-order valence-electron chi connectivity index (χ4n) is 2.47. The molecule has 2 unspecified atom stereocenters. The zero-order valence-electron chi connectivity index (χ0n) is 13.8. The van der Waals surface area contributed by atoms with Crippen LogP contribution in [0.25, 0.3) is 0 Å². The van der Waals surface area contributed by atoms with Gasteiger partial charge in [-0.1, -0.05) is 72.6 Å². The topological polar surface area (TPSA) is 38.4 Å². The highest BCUT2D eigenvalue weighted by Gasteiger charge is 2.09. The first kappa shape index (κ1) is 18.5. The Bertz CT molecular complexity index is 223. The Balaban J connectivity index is 4.07.